The Labute approximate surface area is 145 Å². The summed E-state index contributed by atoms with van der Waals surface area (Å²) in [6.45, 7) is 0. The summed E-state index contributed by atoms with van der Waals surface area (Å²) in [5, 5.41) is 7.76. The average molecular weight is 360 g/mol. The largest absolute Gasteiger partial charge is 0.497 e. The van der Waals surface area contributed by atoms with Gasteiger partial charge < -0.3 is 13.9 Å². The number of benzene rings is 2. The maximum Gasteiger partial charge on any atom is 0.248 e. The van der Waals surface area contributed by atoms with Crippen LogP contribution in [0.3, 0.4) is 0 Å². The molecule has 7 nitrogen and oxygen atoms in total. The van der Waals surface area contributed by atoms with Gasteiger partial charge in [0, 0.05) is 11.6 Å². The molecule has 0 aliphatic rings. The molecule has 2 aromatic carbocycles. The predicted molar refractivity (Wildman–Crippen MR) is 90.2 cm³/mol. The smallest absolute Gasteiger partial charge is 0.248 e. The van der Waals surface area contributed by atoms with Gasteiger partial charge in [-0.2, -0.15) is 0 Å². The molecule has 0 aliphatic carbocycles. The first kappa shape index (κ1) is 17.0. The summed E-state index contributed by atoms with van der Waals surface area (Å²) in [7, 11) is -0.490. The lowest BCUT2D eigenvalue weighted by molar-refractivity contribution is 0.394. The van der Waals surface area contributed by atoms with Gasteiger partial charge in [-0.1, -0.05) is 18.2 Å². The predicted octanol–water partition coefficient (Wildman–Crippen LogP) is 2.73. The van der Waals surface area contributed by atoms with E-state index in [0.717, 1.165) is 0 Å². The summed E-state index contributed by atoms with van der Waals surface area (Å²) in [4.78, 5) is 0.206. The first-order valence-corrected chi connectivity index (χ1v) is 9.00. The highest BCUT2D eigenvalue weighted by molar-refractivity contribution is 7.90. The lowest BCUT2D eigenvalue weighted by Crippen LogP contribution is -2.04. The first-order valence-electron chi connectivity index (χ1n) is 7.35. The number of nitrogens with zero attached hydrogens (tertiary/aromatic N) is 2. The number of rotatable bonds is 6. The molecule has 8 heteroatoms. The summed E-state index contributed by atoms with van der Waals surface area (Å²) in [6.07, 6.45) is 0. The topological polar surface area (TPSA) is 91.5 Å². The molecule has 1 aromatic heterocycles. The Morgan fingerprint density at radius 1 is 0.960 bits per heavy atom. The van der Waals surface area contributed by atoms with Crippen molar-refractivity contribution in [2.75, 3.05) is 14.2 Å². The molecule has 0 saturated heterocycles. The van der Waals surface area contributed by atoms with Crippen LogP contribution in [-0.4, -0.2) is 32.8 Å². The lowest BCUT2D eigenvalue weighted by Gasteiger charge is -2.05. The molecule has 0 bridgehead atoms. The second-order valence-electron chi connectivity index (χ2n) is 5.17. The lowest BCUT2D eigenvalue weighted by atomic mass is 10.2. The van der Waals surface area contributed by atoms with E-state index in [9.17, 15) is 8.42 Å². The highest BCUT2D eigenvalue weighted by Crippen LogP contribution is 2.29. The second kappa shape index (κ2) is 6.94. The zero-order valence-electron chi connectivity index (χ0n) is 13.7. The van der Waals surface area contributed by atoms with E-state index < -0.39 is 9.84 Å². The highest BCUT2D eigenvalue weighted by Gasteiger charge is 2.20. The van der Waals surface area contributed by atoms with Crippen LogP contribution >= 0.6 is 0 Å². The molecule has 0 radical (unpaired) electrons. The second-order valence-corrected chi connectivity index (χ2v) is 7.16. The number of sulfone groups is 1. The summed E-state index contributed by atoms with van der Waals surface area (Å²) < 4.78 is 40.7. The van der Waals surface area contributed by atoms with Crippen molar-refractivity contribution >= 4 is 9.84 Å². The molecular weight excluding hydrogens is 344 g/mol. The van der Waals surface area contributed by atoms with Gasteiger partial charge in [-0.25, -0.2) is 8.42 Å². The van der Waals surface area contributed by atoms with Gasteiger partial charge in [0.2, 0.25) is 11.8 Å². The first-order chi connectivity index (χ1) is 12.0. The van der Waals surface area contributed by atoms with Gasteiger partial charge in [-0.05, 0) is 24.3 Å². The third kappa shape index (κ3) is 3.80. The molecule has 0 fully saturated rings. The molecule has 3 aromatic rings. The zero-order valence-corrected chi connectivity index (χ0v) is 14.5. The van der Waals surface area contributed by atoms with Crippen molar-refractivity contribution in [3.8, 4) is 23.0 Å². The SMILES string of the molecule is COc1cc(OC)cc(-c2nnc(CS(=O)(=O)c3ccccc3)o2)c1. The minimum absolute atomic E-state index is 0.0145. The molecule has 0 aliphatic heterocycles. The quantitative estimate of drug-likeness (QED) is 0.667. The average Bonchev–Trinajstić information content (AvgIpc) is 3.09. The van der Waals surface area contributed by atoms with Crippen LogP contribution in [0, 0.1) is 0 Å². The summed E-state index contributed by atoms with van der Waals surface area (Å²) >= 11 is 0. The van der Waals surface area contributed by atoms with E-state index >= 15 is 0 Å². The van der Waals surface area contributed by atoms with Gasteiger partial charge in [0.05, 0.1) is 19.1 Å². The van der Waals surface area contributed by atoms with Crippen LogP contribution in [0.15, 0.2) is 57.8 Å². The van der Waals surface area contributed by atoms with Crippen molar-refractivity contribution in [1.29, 1.82) is 0 Å². The molecule has 25 heavy (non-hydrogen) atoms. The standard InChI is InChI=1S/C17H16N2O5S/c1-22-13-8-12(9-14(10-13)23-2)17-19-18-16(24-17)11-25(20,21)15-6-4-3-5-7-15/h3-10H,11H2,1-2H3. The van der Waals surface area contributed by atoms with Gasteiger partial charge in [0.25, 0.3) is 0 Å². The molecule has 0 N–H and O–H groups in total. The van der Waals surface area contributed by atoms with Crippen LogP contribution in [0.2, 0.25) is 0 Å². The number of hydrogen-bond donors (Lipinski definition) is 0. The maximum absolute atomic E-state index is 12.4. The molecule has 0 unspecified atom stereocenters. The molecule has 0 amide bonds. The van der Waals surface area contributed by atoms with E-state index in [-0.39, 0.29) is 22.4 Å². The zero-order chi connectivity index (χ0) is 17.9. The minimum atomic E-state index is -3.55. The Morgan fingerprint density at radius 2 is 1.60 bits per heavy atom. The van der Waals surface area contributed by atoms with Gasteiger partial charge in [-0.15, -0.1) is 10.2 Å². The highest BCUT2D eigenvalue weighted by atomic mass is 32.2. The number of hydrogen-bond acceptors (Lipinski definition) is 7. The fourth-order valence-electron chi connectivity index (χ4n) is 2.23. The Hall–Kier alpha value is -2.87. The Morgan fingerprint density at radius 3 is 2.20 bits per heavy atom. The molecule has 0 spiro atoms. The van der Waals surface area contributed by atoms with Gasteiger partial charge in [0.1, 0.15) is 17.3 Å². The third-order valence-corrected chi connectivity index (χ3v) is 5.10. The summed E-state index contributed by atoms with van der Waals surface area (Å²) in [6, 6.07) is 13.2. The van der Waals surface area contributed by atoms with Crippen molar-refractivity contribution in [3.05, 3.63) is 54.4 Å². The number of methoxy groups -OCH3 is 2. The van der Waals surface area contributed by atoms with Crippen molar-refractivity contribution in [2.24, 2.45) is 0 Å². The van der Waals surface area contributed by atoms with Crippen LogP contribution in [0.5, 0.6) is 11.5 Å². The van der Waals surface area contributed by atoms with Crippen LogP contribution in [-0.2, 0) is 15.6 Å². The molecule has 1 heterocycles. The molecule has 3 rings (SSSR count). The van der Waals surface area contributed by atoms with Crippen molar-refractivity contribution in [1.82, 2.24) is 10.2 Å². The molecular formula is C17H16N2O5S. The fourth-order valence-corrected chi connectivity index (χ4v) is 3.41. The van der Waals surface area contributed by atoms with Crippen LogP contribution < -0.4 is 9.47 Å². The van der Waals surface area contributed by atoms with E-state index in [1.165, 1.54) is 26.4 Å². The van der Waals surface area contributed by atoms with Crippen LogP contribution in [0.25, 0.3) is 11.5 Å². The van der Waals surface area contributed by atoms with E-state index in [0.29, 0.717) is 17.1 Å². The van der Waals surface area contributed by atoms with E-state index in [1.54, 1.807) is 36.4 Å². The van der Waals surface area contributed by atoms with Crippen molar-refractivity contribution in [3.63, 3.8) is 0 Å². The monoisotopic (exact) mass is 360 g/mol. The van der Waals surface area contributed by atoms with Gasteiger partial charge in [0.15, 0.2) is 9.84 Å². The van der Waals surface area contributed by atoms with E-state index in [2.05, 4.69) is 10.2 Å². The van der Waals surface area contributed by atoms with Crippen molar-refractivity contribution < 1.29 is 22.3 Å². The number of ether oxygens (including phenoxy) is 2. The minimum Gasteiger partial charge on any atom is -0.497 e. The van der Waals surface area contributed by atoms with Crippen LogP contribution in [0.1, 0.15) is 5.89 Å². The molecule has 0 saturated carbocycles. The van der Waals surface area contributed by atoms with E-state index in [4.69, 9.17) is 13.9 Å². The Bertz CT molecular complexity index is 945. The molecule has 130 valence electrons. The summed E-state index contributed by atoms with van der Waals surface area (Å²) in [5.41, 5.74) is 0.576. The fraction of sp³-hybridized carbons (Fsp3) is 0.176. The Balaban J connectivity index is 1.88. The van der Waals surface area contributed by atoms with Gasteiger partial charge >= 0.3 is 0 Å². The maximum atomic E-state index is 12.4. The normalized spacial score (nSPS) is 11.3. The summed E-state index contributed by atoms with van der Waals surface area (Å²) in [5.74, 6) is 0.957. The van der Waals surface area contributed by atoms with Crippen LogP contribution in [0.4, 0.5) is 0 Å². The van der Waals surface area contributed by atoms with Crippen molar-refractivity contribution in [2.45, 2.75) is 10.6 Å². The number of aromatic nitrogens is 2. The van der Waals surface area contributed by atoms with E-state index in [1.807, 2.05) is 0 Å². The third-order valence-electron chi connectivity index (χ3n) is 3.48. The molecule has 0 atom stereocenters. The Kier molecular flexibility index (Phi) is 4.71. The van der Waals surface area contributed by atoms with Gasteiger partial charge in [-0.3, -0.25) is 0 Å².